The van der Waals surface area contributed by atoms with Crippen LogP contribution in [0.2, 0.25) is 5.02 Å². The highest BCUT2D eigenvalue weighted by Crippen LogP contribution is 2.29. The van der Waals surface area contributed by atoms with Crippen molar-refractivity contribution in [3.8, 4) is 5.75 Å². The van der Waals surface area contributed by atoms with Crippen molar-refractivity contribution in [2.24, 2.45) is 5.92 Å². The molecule has 1 amide bonds. The van der Waals surface area contributed by atoms with Crippen molar-refractivity contribution < 1.29 is 13.9 Å². The number of benzene rings is 1. The summed E-state index contributed by atoms with van der Waals surface area (Å²) in [5.74, 6) is 1.10. The molecule has 0 aromatic heterocycles. The SMILES string of the molecule is CC(=O)N[C@H]1CC[C@H](CCN2CCC(Oc3ccc(F)cc3Cl)CC2)CC1. The zero-order chi connectivity index (χ0) is 19.2. The molecule has 1 saturated heterocycles. The van der Waals surface area contributed by atoms with Gasteiger partial charge in [0.05, 0.1) is 5.02 Å². The van der Waals surface area contributed by atoms with Crippen LogP contribution < -0.4 is 10.1 Å². The number of carbonyl (C=O) groups is 1. The second-order valence-electron chi connectivity index (χ2n) is 7.94. The van der Waals surface area contributed by atoms with Gasteiger partial charge >= 0.3 is 0 Å². The summed E-state index contributed by atoms with van der Waals surface area (Å²) >= 11 is 6.05. The predicted molar refractivity (Wildman–Crippen MR) is 106 cm³/mol. The maximum Gasteiger partial charge on any atom is 0.217 e. The normalized spacial score (nSPS) is 24.6. The quantitative estimate of drug-likeness (QED) is 0.774. The first-order chi connectivity index (χ1) is 13.0. The monoisotopic (exact) mass is 396 g/mol. The van der Waals surface area contributed by atoms with Crippen LogP contribution in [0.25, 0.3) is 0 Å². The van der Waals surface area contributed by atoms with Crippen LogP contribution in [0, 0.1) is 11.7 Å². The van der Waals surface area contributed by atoms with E-state index in [1.54, 1.807) is 13.0 Å². The molecule has 4 nitrogen and oxygen atoms in total. The van der Waals surface area contributed by atoms with Crippen LogP contribution >= 0.6 is 11.6 Å². The van der Waals surface area contributed by atoms with Crippen molar-refractivity contribution in [1.82, 2.24) is 10.2 Å². The van der Waals surface area contributed by atoms with Gasteiger partial charge in [0.25, 0.3) is 0 Å². The number of hydrogen-bond acceptors (Lipinski definition) is 3. The maximum atomic E-state index is 13.1. The molecule has 2 fully saturated rings. The summed E-state index contributed by atoms with van der Waals surface area (Å²) in [5.41, 5.74) is 0. The van der Waals surface area contributed by atoms with Gasteiger partial charge in [-0.25, -0.2) is 4.39 Å². The number of likely N-dealkylation sites (tertiary alicyclic amines) is 1. The minimum atomic E-state index is -0.340. The van der Waals surface area contributed by atoms with Crippen LogP contribution in [0.3, 0.4) is 0 Å². The van der Waals surface area contributed by atoms with Gasteiger partial charge in [-0.15, -0.1) is 0 Å². The molecule has 1 aromatic carbocycles. The summed E-state index contributed by atoms with van der Waals surface area (Å²) in [7, 11) is 0. The van der Waals surface area contributed by atoms with Gasteiger partial charge in [0.2, 0.25) is 5.91 Å². The molecule has 1 aromatic rings. The average molecular weight is 397 g/mol. The van der Waals surface area contributed by atoms with E-state index in [2.05, 4.69) is 10.2 Å². The number of piperidine rings is 1. The maximum absolute atomic E-state index is 13.1. The second-order valence-corrected chi connectivity index (χ2v) is 8.35. The zero-order valence-corrected chi connectivity index (χ0v) is 16.8. The third kappa shape index (κ3) is 6.35. The number of hydrogen-bond donors (Lipinski definition) is 1. The van der Waals surface area contributed by atoms with E-state index in [4.69, 9.17) is 16.3 Å². The largest absolute Gasteiger partial charge is 0.489 e. The average Bonchev–Trinajstić information content (AvgIpc) is 2.64. The molecule has 1 saturated carbocycles. The summed E-state index contributed by atoms with van der Waals surface area (Å²) in [6.07, 6.45) is 7.99. The number of nitrogens with one attached hydrogen (secondary N) is 1. The van der Waals surface area contributed by atoms with E-state index in [0.717, 1.165) is 51.2 Å². The highest BCUT2D eigenvalue weighted by Gasteiger charge is 2.24. The Morgan fingerprint density at radius 3 is 2.56 bits per heavy atom. The van der Waals surface area contributed by atoms with E-state index in [0.29, 0.717) is 16.8 Å². The molecular formula is C21H30ClFN2O2. The third-order valence-corrected chi connectivity index (χ3v) is 6.13. The second kappa shape index (κ2) is 9.74. The Balaban J connectivity index is 1.33. The lowest BCUT2D eigenvalue weighted by atomic mass is 9.84. The Hall–Kier alpha value is -1.33. The zero-order valence-electron chi connectivity index (χ0n) is 16.1. The molecule has 27 heavy (non-hydrogen) atoms. The van der Waals surface area contributed by atoms with Gasteiger partial charge in [0.1, 0.15) is 17.7 Å². The fourth-order valence-electron chi connectivity index (χ4n) is 4.25. The van der Waals surface area contributed by atoms with Crippen molar-refractivity contribution in [1.29, 1.82) is 0 Å². The van der Waals surface area contributed by atoms with Crippen LogP contribution in [0.4, 0.5) is 4.39 Å². The summed E-state index contributed by atoms with van der Waals surface area (Å²) in [5, 5.41) is 3.39. The molecule has 1 aliphatic heterocycles. The highest BCUT2D eigenvalue weighted by atomic mass is 35.5. The summed E-state index contributed by atoms with van der Waals surface area (Å²) in [6, 6.07) is 4.68. The van der Waals surface area contributed by atoms with Crippen molar-refractivity contribution in [3.05, 3.63) is 29.0 Å². The van der Waals surface area contributed by atoms with Gasteiger partial charge in [0.15, 0.2) is 0 Å². The van der Waals surface area contributed by atoms with E-state index in [9.17, 15) is 9.18 Å². The van der Waals surface area contributed by atoms with E-state index in [1.807, 2.05) is 0 Å². The molecule has 0 bridgehead atoms. The van der Waals surface area contributed by atoms with Gasteiger partial charge in [-0.3, -0.25) is 4.79 Å². The third-order valence-electron chi connectivity index (χ3n) is 5.83. The highest BCUT2D eigenvalue weighted by molar-refractivity contribution is 6.32. The number of rotatable bonds is 6. The standard InChI is InChI=1S/C21H30ClFN2O2/c1-15(26)24-18-5-2-16(3-6-18)8-11-25-12-9-19(10-13-25)27-21-7-4-17(23)14-20(21)22/h4,7,14,16,18-19H,2-3,5-6,8-13H2,1H3,(H,24,26)/t16-,18-. The van der Waals surface area contributed by atoms with Gasteiger partial charge in [-0.2, -0.15) is 0 Å². The molecule has 1 N–H and O–H groups in total. The molecule has 1 aliphatic carbocycles. The molecule has 0 atom stereocenters. The molecule has 0 unspecified atom stereocenters. The van der Waals surface area contributed by atoms with Crippen LogP contribution in [0.5, 0.6) is 5.75 Å². The molecule has 1 heterocycles. The smallest absolute Gasteiger partial charge is 0.217 e. The lowest BCUT2D eigenvalue weighted by Gasteiger charge is -2.34. The number of halogens is 2. The first-order valence-electron chi connectivity index (χ1n) is 10.1. The van der Waals surface area contributed by atoms with Gasteiger partial charge in [-0.05, 0) is 75.6 Å². The molecule has 2 aliphatic rings. The van der Waals surface area contributed by atoms with E-state index >= 15 is 0 Å². The van der Waals surface area contributed by atoms with E-state index < -0.39 is 0 Å². The first-order valence-corrected chi connectivity index (χ1v) is 10.5. The molecular weight excluding hydrogens is 367 g/mol. The lowest BCUT2D eigenvalue weighted by Crippen LogP contribution is -2.40. The summed E-state index contributed by atoms with van der Waals surface area (Å²) < 4.78 is 19.1. The van der Waals surface area contributed by atoms with Gasteiger partial charge < -0.3 is 15.0 Å². The number of carbonyl (C=O) groups excluding carboxylic acids is 1. The molecule has 0 spiro atoms. The van der Waals surface area contributed by atoms with Gasteiger partial charge in [-0.1, -0.05) is 11.6 Å². The number of ether oxygens (including phenoxy) is 1. The molecule has 150 valence electrons. The van der Waals surface area contributed by atoms with E-state index in [-0.39, 0.29) is 17.8 Å². The van der Waals surface area contributed by atoms with Crippen molar-refractivity contribution in [3.63, 3.8) is 0 Å². The van der Waals surface area contributed by atoms with Crippen LogP contribution in [0.1, 0.15) is 51.9 Å². The van der Waals surface area contributed by atoms with Gasteiger partial charge in [0, 0.05) is 26.1 Å². The van der Waals surface area contributed by atoms with E-state index in [1.165, 1.54) is 31.4 Å². The Morgan fingerprint density at radius 1 is 1.22 bits per heavy atom. The van der Waals surface area contributed by atoms with Crippen molar-refractivity contribution in [2.75, 3.05) is 19.6 Å². The number of amides is 1. The van der Waals surface area contributed by atoms with Crippen LogP contribution in [-0.4, -0.2) is 42.6 Å². The Bertz CT molecular complexity index is 627. The Kier molecular flexibility index (Phi) is 7.36. The fourth-order valence-corrected chi connectivity index (χ4v) is 4.46. The predicted octanol–water partition coefficient (Wildman–Crippen LogP) is 4.41. The fraction of sp³-hybridized carbons (Fsp3) is 0.667. The summed E-state index contributed by atoms with van der Waals surface area (Å²) in [6.45, 7) is 4.80. The molecule has 6 heteroatoms. The van der Waals surface area contributed by atoms with Crippen molar-refractivity contribution >= 4 is 17.5 Å². The van der Waals surface area contributed by atoms with Crippen LogP contribution in [-0.2, 0) is 4.79 Å². The summed E-state index contributed by atoms with van der Waals surface area (Å²) in [4.78, 5) is 13.7. The first kappa shape index (κ1) is 20.4. The Morgan fingerprint density at radius 2 is 1.93 bits per heavy atom. The van der Waals surface area contributed by atoms with Crippen molar-refractivity contribution in [2.45, 2.75) is 64.0 Å². The lowest BCUT2D eigenvalue weighted by molar-refractivity contribution is -0.119. The Labute approximate surface area is 166 Å². The topological polar surface area (TPSA) is 41.6 Å². The minimum absolute atomic E-state index is 0.0884. The molecule has 0 radical (unpaired) electrons. The molecule has 3 rings (SSSR count). The minimum Gasteiger partial charge on any atom is -0.489 e. The number of nitrogens with zero attached hydrogens (tertiary/aromatic N) is 1. The van der Waals surface area contributed by atoms with Crippen LogP contribution in [0.15, 0.2) is 18.2 Å².